The summed E-state index contributed by atoms with van der Waals surface area (Å²) < 4.78 is 5.25. The van der Waals surface area contributed by atoms with Crippen LogP contribution in [0.5, 0.6) is 5.75 Å². The maximum absolute atomic E-state index is 12.3. The van der Waals surface area contributed by atoms with Crippen molar-refractivity contribution in [3.05, 3.63) is 64.7 Å². The van der Waals surface area contributed by atoms with Crippen LogP contribution < -0.4 is 10.1 Å². The second-order valence-electron chi connectivity index (χ2n) is 5.83. The van der Waals surface area contributed by atoms with E-state index in [2.05, 4.69) is 5.32 Å². The largest absolute Gasteiger partial charge is 0.496 e. The fraction of sp³-hybridized carbons (Fsp3) is 0.300. The van der Waals surface area contributed by atoms with Crippen LogP contribution in [0.1, 0.15) is 39.9 Å². The number of amides is 1. The van der Waals surface area contributed by atoms with Gasteiger partial charge in [-0.05, 0) is 31.5 Å². The second-order valence-corrected chi connectivity index (χ2v) is 5.83. The molecule has 0 unspecified atom stereocenters. The Hall–Kier alpha value is -2.62. The summed E-state index contributed by atoms with van der Waals surface area (Å²) in [6, 6.07) is 13.3. The number of benzene rings is 2. The first kappa shape index (κ1) is 17.7. The van der Waals surface area contributed by atoms with E-state index in [0.29, 0.717) is 12.1 Å². The van der Waals surface area contributed by atoms with E-state index in [-0.39, 0.29) is 24.5 Å². The summed E-state index contributed by atoms with van der Waals surface area (Å²) in [5, 5.41) is 2.84. The summed E-state index contributed by atoms with van der Waals surface area (Å²) in [7, 11) is 1.60. The van der Waals surface area contributed by atoms with Gasteiger partial charge in [0.2, 0.25) is 5.91 Å². The van der Waals surface area contributed by atoms with Crippen molar-refractivity contribution in [3.8, 4) is 5.75 Å². The minimum Gasteiger partial charge on any atom is -0.496 e. The molecule has 4 nitrogen and oxygen atoms in total. The van der Waals surface area contributed by atoms with Gasteiger partial charge in [-0.3, -0.25) is 9.59 Å². The molecule has 126 valence electrons. The van der Waals surface area contributed by atoms with Crippen LogP contribution in [-0.4, -0.2) is 18.8 Å². The lowest BCUT2D eigenvalue weighted by atomic mass is 9.99. The molecule has 1 amide bonds. The molecule has 0 fully saturated rings. The topological polar surface area (TPSA) is 55.4 Å². The van der Waals surface area contributed by atoms with Crippen molar-refractivity contribution in [1.29, 1.82) is 0 Å². The highest BCUT2D eigenvalue weighted by molar-refractivity contribution is 5.99. The fourth-order valence-corrected chi connectivity index (χ4v) is 2.53. The number of hydrogen-bond donors (Lipinski definition) is 1. The Balaban J connectivity index is 1.87. The van der Waals surface area contributed by atoms with Crippen molar-refractivity contribution in [2.24, 2.45) is 0 Å². The molecule has 2 aromatic rings. The quantitative estimate of drug-likeness (QED) is 0.792. The summed E-state index contributed by atoms with van der Waals surface area (Å²) in [5.74, 6) is 0.604. The molecule has 0 saturated carbocycles. The zero-order chi connectivity index (χ0) is 17.5. The molecular weight excluding hydrogens is 302 g/mol. The predicted octanol–water partition coefficient (Wildman–Crippen LogP) is 3.59. The summed E-state index contributed by atoms with van der Waals surface area (Å²) in [6.07, 6.45) is 0.392. The van der Waals surface area contributed by atoms with Gasteiger partial charge < -0.3 is 10.1 Å². The van der Waals surface area contributed by atoms with E-state index in [1.54, 1.807) is 7.11 Å². The Bertz CT molecular complexity index is 737. The second kappa shape index (κ2) is 8.29. The van der Waals surface area contributed by atoms with Gasteiger partial charge in [0.25, 0.3) is 0 Å². The average Bonchev–Trinajstić information content (AvgIpc) is 2.60. The maximum atomic E-state index is 12.3. The molecule has 0 saturated heterocycles. The van der Waals surface area contributed by atoms with Gasteiger partial charge in [0.1, 0.15) is 5.75 Å². The third-order valence-corrected chi connectivity index (χ3v) is 3.94. The minimum atomic E-state index is -0.139. The third-order valence-electron chi connectivity index (χ3n) is 3.94. The van der Waals surface area contributed by atoms with Gasteiger partial charge in [0, 0.05) is 30.5 Å². The Morgan fingerprint density at radius 3 is 2.54 bits per heavy atom. The van der Waals surface area contributed by atoms with Crippen LogP contribution in [0.4, 0.5) is 0 Å². The van der Waals surface area contributed by atoms with E-state index in [1.807, 2.05) is 56.3 Å². The van der Waals surface area contributed by atoms with Crippen LogP contribution in [0.15, 0.2) is 42.5 Å². The van der Waals surface area contributed by atoms with Gasteiger partial charge in [-0.1, -0.05) is 35.9 Å². The number of methoxy groups -OCH3 is 1. The number of ether oxygens (including phenoxy) is 1. The van der Waals surface area contributed by atoms with Crippen LogP contribution in [0.3, 0.4) is 0 Å². The van der Waals surface area contributed by atoms with E-state index in [1.165, 1.54) is 0 Å². The first-order chi connectivity index (χ1) is 11.5. The van der Waals surface area contributed by atoms with E-state index in [0.717, 1.165) is 22.4 Å². The predicted molar refractivity (Wildman–Crippen MR) is 94.3 cm³/mol. The standard InChI is InChI=1S/C20H23NO3/c1-14-8-9-15(2)17(12-14)18(22)10-11-20(23)21-13-16-6-4-5-7-19(16)24-3/h4-9,12H,10-11,13H2,1-3H3,(H,21,23). The molecule has 2 rings (SSSR count). The molecule has 0 spiro atoms. The van der Waals surface area contributed by atoms with E-state index in [4.69, 9.17) is 4.74 Å². The summed E-state index contributed by atoms with van der Waals surface area (Å²) in [4.78, 5) is 24.3. The summed E-state index contributed by atoms with van der Waals surface area (Å²) in [5.41, 5.74) is 3.60. The minimum absolute atomic E-state index is 0.00337. The molecule has 4 heteroatoms. The lowest BCUT2D eigenvalue weighted by molar-refractivity contribution is -0.121. The molecule has 24 heavy (non-hydrogen) atoms. The molecule has 0 bridgehead atoms. The highest BCUT2D eigenvalue weighted by atomic mass is 16.5. The highest BCUT2D eigenvalue weighted by Crippen LogP contribution is 2.17. The molecule has 1 N–H and O–H groups in total. The number of carbonyl (C=O) groups excluding carboxylic acids is 2. The van der Waals surface area contributed by atoms with Gasteiger partial charge in [0.15, 0.2) is 5.78 Å². The lowest BCUT2D eigenvalue weighted by Gasteiger charge is -2.10. The number of Topliss-reactive ketones (excluding diaryl/α,β-unsaturated/α-hetero) is 1. The number of aryl methyl sites for hydroxylation is 2. The zero-order valence-corrected chi connectivity index (χ0v) is 14.4. The molecule has 0 aliphatic rings. The Morgan fingerprint density at radius 1 is 1.04 bits per heavy atom. The number of ketones is 1. The SMILES string of the molecule is COc1ccccc1CNC(=O)CCC(=O)c1cc(C)ccc1C. The van der Waals surface area contributed by atoms with Crippen molar-refractivity contribution in [1.82, 2.24) is 5.32 Å². The van der Waals surface area contributed by atoms with Gasteiger partial charge in [0.05, 0.1) is 7.11 Å². The Kier molecular flexibility index (Phi) is 6.13. The van der Waals surface area contributed by atoms with Gasteiger partial charge in [-0.25, -0.2) is 0 Å². The molecule has 2 aromatic carbocycles. The summed E-state index contributed by atoms with van der Waals surface area (Å²) in [6.45, 7) is 4.26. The smallest absolute Gasteiger partial charge is 0.220 e. The summed E-state index contributed by atoms with van der Waals surface area (Å²) >= 11 is 0. The van der Waals surface area contributed by atoms with Crippen LogP contribution in [0.25, 0.3) is 0 Å². The van der Waals surface area contributed by atoms with Crippen molar-refractivity contribution < 1.29 is 14.3 Å². The van der Waals surface area contributed by atoms with Crippen LogP contribution >= 0.6 is 0 Å². The van der Waals surface area contributed by atoms with Crippen molar-refractivity contribution in [2.75, 3.05) is 7.11 Å². The number of nitrogens with one attached hydrogen (secondary N) is 1. The first-order valence-corrected chi connectivity index (χ1v) is 8.00. The van der Waals surface area contributed by atoms with E-state index < -0.39 is 0 Å². The van der Waals surface area contributed by atoms with Crippen molar-refractivity contribution in [2.45, 2.75) is 33.2 Å². The van der Waals surface area contributed by atoms with Crippen LogP contribution in [0.2, 0.25) is 0 Å². The van der Waals surface area contributed by atoms with E-state index in [9.17, 15) is 9.59 Å². The Morgan fingerprint density at radius 2 is 1.79 bits per heavy atom. The number of carbonyl (C=O) groups is 2. The van der Waals surface area contributed by atoms with E-state index >= 15 is 0 Å². The average molecular weight is 325 g/mol. The maximum Gasteiger partial charge on any atom is 0.220 e. The molecule has 0 aliphatic heterocycles. The van der Waals surface area contributed by atoms with Gasteiger partial charge in [-0.2, -0.15) is 0 Å². The molecule has 0 atom stereocenters. The third kappa shape index (κ3) is 4.69. The lowest BCUT2D eigenvalue weighted by Crippen LogP contribution is -2.23. The van der Waals surface area contributed by atoms with Gasteiger partial charge >= 0.3 is 0 Å². The monoisotopic (exact) mass is 325 g/mol. The van der Waals surface area contributed by atoms with Crippen LogP contribution in [0, 0.1) is 13.8 Å². The van der Waals surface area contributed by atoms with Crippen LogP contribution in [-0.2, 0) is 11.3 Å². The van der Waals surface area contributed by atoms with Crippen molar-refractivity contribution >= 4 is 11.7 Å². The number of hydrogen-bond acceptors (Lipinski definition) is 3. The zero-order valence-electron chi connectivity index (χ0n) is 14.4. The molecule has 0 aliphatic carbocycles. The fourth-order valence-electron chi connectivity index (χ4n) is 2.53. The molecule has 0 heterocycles. The number of para-hydroxylation sites is 1. The number of rotatable bonds is 7. The Labute approximate surface area is 142 Å². The molecular formula is C20H23NO3. The molecule has 0 radical (unpaired) electrons. The highest BCUT2D eigenvalue weighted by Gasteiger charge is 2.12. The molecule has 0 aromatic heterocycles. The van der Waals surface area contributed by atoms with Crippen molar-refractivity contribution in [3.63, 3.8) is 0 Å². The normalized spacial score (nSPS) is 10.3. The van der Waals surface area contributed by atoms with Gasteiger partial charge in [-0.15, -0.1) is 0 Å². The first-order valence-electron chi connectivity index (χ1n) is 8.00.